The lowest BCUT2D eigenvalue weighted by Crippen LogP contribution is -2.27. The third-order valence-electron chi connectivity index (χ3n) is 3.62. The number of hydrogen-bond donors (Lipinski definition) is 2. The highest BCUT2D eigenvalue weighted by molar-refractivity contribution is 7.89. The van der Waals surface area contributed by atoms with Crippen molar-refractivity contribution in [3.05, 3.63) is 59.2 Å². The molecular formula is C16H20N2O2S. The van der Waals surface area contributed by atoms with Crippen LogP contribution >= 0.6 is 0 Å². The van der Waals surface area contributed by atoms with Crippen molar-refractivity contribution in [1.29, 1.82) is 0 Å². The van der Waals surface area contributed by atoms with Crippen molar-refractivity contribution in [3.8, 4) is 0 Å². The monoisotopic (exact) mass is 304 g/mol. The second kappa shape index (κ2) is 5.87. The van der Waals surface area contributed by atoms with E-state index < -0.39 is 10.0 Å². The molecule has 3 N–H and O–H groups in total. The number of nitrogen functional groups attached to an aromatic ring is 1. The number of rotatable bonds is 4. The van der Waals surface area contributed by atoms with Crippen LogP contribution in [0.5, 0.6) is 0 Å². The molecule has 0 fully saturated rings. The van der Waals surface area contributed by atoms with Crippen LogP contribution in [0.25, 0.3) is 0 Å². The summed E-state index contributed by atoms with van der Waals surface area (Å²) >= 11 is 0. The number of aryl methyl sites for hydroxylation is 1. The van der Waals surface area contributed by atoms with E-state index >= 15 is 0 Å². The predicted molar refractivity (Wildman–Crippen MR) is 85.5 cm³/mol. The first kappa shape index (κ1) is 15.5. The standard InChI is InChI=1S/C16H20N2O2S/c1-11-9-15(10-16(17)12(11)2)21(19,20)18-13(3)14-7-5-4-6-8-14/h4-10,13,18H,17H2,1-3H3/t13-/m0/s1. The van der Waals surface area contributed by atoms with Gasteiger partial charge in [0, 0.05) is 11.7 Å². The molecule has 0 aliphatic carbocycles. The van der Waals surface area contributed by atoms with Gasteiger partial charge in [-0.1, -0.05) is 30.3 Å². The highest BCUT2D eigenvalue weighted by atomic mass is 32.2. The van der Waals surface area contributed by atoms with Crippen LogP contribution in [0, 0.1) is 13.8 Å². The Labute approximate surface area is 126 Å². The summed E-state index contributed by atoms with van der Waals surface area (Å²) < 4.78 is 27.6. The van der Waals surface area contributed by atoms with Crippen molar-refractivity contribution in [2.24, 2.45) is 0 Å². The Kier molecular flexibility index (Phi) is 4.34. The largest absolute Gasteiger partial charge is 0.398 e. The first-order valence-corrected chi connectivity index (χ1v) is 8.23. The summed E-state index contributed by atoms with van der Waals surface area (Å²) in [5, 5.41) is 0. The van der Waals surface area contributed by atoms with Crippen LogP contribution in [0.4, 0.5) is 5.69 Å². The number of nitrogens with two attached hydrogens (primary N) is 1. The fourth-order valence-electron chi connectivity index (χ4n) is 2.12. The van der Waals surface area contributed by atoms with E-state index in [0.29, 0.717) is 5.69 Å². The van der Waals surface area contributed by atoms with E-state index in [1.54, 1.807) is 6.07 Å². The van der Waals surface area contributed by atoms with E-state index in [-0.39, 0.29) is 10.9 Å². The molecule has 2 rings (SSSR count). The first-order chi connectivity index (χ1) is 9.81. The molecule has 0 aliphatic heterocycles. The Morgan fingerprint density at radius 3 is 2.29 bits per heavy atom. The zero-order valence-corrected chi connectivity index (χ0v) is 13.2. The molecular weight excluding hydrogens is 284 g/mol. The maximum atomic E-state index is 12.5. The number of sulfonamides is 1. The van der Waals surface area contributed by atoms with E-state index in [9.17, 15) is 8.42 Å². The average molecular weight is 304 g/mol. The lowest BCUT2D eigenvalue weighted by Gasteiger charge is -2.16. The highest BCUT2D eigenvalue weighted by Gasteiger charge is 2.19. The second-order valence-electron chi connectivity index (χ2n) is 5.21. The number of hydrogen-bond acceptors (Lipinski definition) is 3. The molecule has 0 unspecified atom stereocenters. The molecule has 0 amide bonds. The number of nitrogens with one attached hydrogen (secondary N) is 1. The maximum Gasteiger partial charge on any atom is 0.241 e. The van der Waals surface area contributed by atoms with Gasteiger partial charge in [-0.3, -0.25) is 0 Å². The molecule has 0 spiro atoms. The topological polar surface area (TPSA) is 72.2 Å². The van der Waals surface area contributed by atoms with Crippen molar-refractivity contribution in [2.45, 2.75) is 31.7 Å². The Balaban J connectivity index is 2.31. The Bertz CT molecular complexity index is 717. The molecule has 0 aromatic heterocycles. The second-order valence-corrected chi connectivity index (χ2v) is 6.92. The molecule has 0 saturated carbocycles. The lowest BCUT2D eigenvalue weighted by molar-refractivity contribution is 0.567. The van der Waals surface area contributed by atoms with E-state index in [0.717, 1.165) is 16.7 Å². The van der Waals surface area contributed by atoms with Crippen molar-refractivity contribution < 1.29 is 8.42 Å². The van der Waals surface area contributed by atoms with Crippen LogP contribution in [0.1, 0.15) is 29.7 Å². The molecule has 1 atom stereocenters. The van der Waals surface area contributed by atoms with Crippen LogP contribution in [-0.4, -0.2) is 8.42 Å². The maximum absolute atomic E-state index is 12.5. The quantitative estimate of drug-likeness (QED) is 0.853. The summed E-state index contributed by atoms with van der Waals surface area (Å²) in [6.45, 7) is 5.55. The molecule has 0 saturated heterocycles. The molecule has 21 heavy (non-hydrogen) atoms. The Morgan fingerprint density at radius 1 is 1.10 bits per heavy atom. The van der Waals surface area contributed by atoms with Gasteiger partial charge in [-0.2, -0.15) is 0 Å². The highest BCUT2D eigenvalue weighted by Crippen LogP contribution is 2.23. The van der Waals surface area contributed by atoms with Crippen LogP contribution in [0.3, 0.4) is 0 Å². The fraction of sp³-hybridized carbons (Fsp3) is 0.250. The van der Waals surface area contributed by atoms with Gasteiger partial charge < -0.3 is 5.73 Å². The van der Waals surface area contributed by atoms with Gasteiger partial charge in [-0.25, -0.2) is 13.1 Å². The zero-order valence-electron chi connectivity index (χ0n) is 12.4. The summed E-state index contributed by atoms with van der Waals surface area (Å²) in [4.78, 5) is 0.200. The van der Waals surface area contributed by atoms with Gasteiger partial charge in [0.05, 0.1) is 4.90 Å². The van der Waals surface area contributed by atoms with Crippen LogP contribution in [0.2, 0.25) is 0 Å². The summed E-state index contributed by atoms with van der Waals surface area (Å²) in [6.07, 6.45) is 0. The third kappa shape index (κ3) is 3.43. The summed E-state index contributed by atoms with van der Waals surface area (Å²) in [5.74, 6) is 0. The minimum absolute atomic E-state index is 0.200. The molecule has 0 bridgehead atoms. The average Bonchev–Trinajstić information content (AvgIpc) is 2.44. The van der Waals surface area contributed by atoms with Crippen LogP contribution in [-0.2, 0) is 10.0 Å². The predicted octanol–water partition coefficient (Wildman–Crippen LogP) is 2.93. The Morgan fingerprint density at radius 2 is 1.71 bits per heavy atom. The number of benzene rings is 2. The minimum Gasteiger partial charge on any atom is -0.398 e. The molecule has 2 aromatic carbocycles. The molecule has 5 heteroatoms. The Hall–Kier alpha value is -1.85. The molecule has 0 radical (unpaired) electrons. The van der Waals surface area contributed by atoms with Crippen LogP contribution in [0.15, 0.2) is 47.4 Å². The van der Waals surface area contributed by atoms with E-state index in [4.69, 9.17) is 5.73 Å². The van der Waals surface area contributed by atoms with Crippen molar-refractivity contribution in [2.75, 3.05) is 5.73 Å². The van der Waals surface area contributed by atoms with Gasteiger partial charge >= 0.3 is 0 Å². The van der Waals surface area contributed by atoms with E-state index in [2.05, 4.69) is 4.72 Å². The van der Waals surface area contributed by atoms with Crippen molar-refractivity contribution >= 4 is 15.7 Å². The van der Waals surface area contributed by atoms with Gasteiger partial charge in [0.1, 0.15) is 0 Å². The third-order valence-corrected chi connectivity index (χ3v) is 5.14. The van der Waals surface area contributed by atoms with Gasteiger partial charge in [-0.15, -0.1) is 0 Å². The minimum atomic E-state index is -3.60. The van der Waals surface area contributed by atoms with Crippen molar-refractivity contribution in [3.63, 3.8) is 0 Å². The summed E-state index contributed by atoms with van der Waals surface area (Å²) in [5.41, 5.74) is 9.04. The van der Waals surface area contributed by atoms with Gasteiger partial charge in [-0.05, 0) is 49.6 Å². The normalized spacial score (nSPS) is 13.1. The van der Waals surface area contributed by atoms with Gasteiger partial charge in [0.15, 0.2) is 0 Å². The van der Waals surface area contributed by atoms with E-state index in [1.165, 1.54) is 6.07 Å². The molecule has 112 valence electrons. The van der Waals surface area contributed by atoms with Crippen LogP contribution < -0.4 is 10.5 Å². The number of anilines is 1. The fourth-order valence-corrected chi connectivity index (χ4v) is 3.47. The van der Waals surface area contributed by atoms with E-state index in [1.807, 2.05) is 51.1 Å². The van der Waals surface area contributed by atoms with Crippen molar-refractivity contribution in [1.82, 2.24) is 4.72 Å². The summed E-state index contributed by atoms with van der Waals surface area (Å²) in [6, 6.07) is 12.3. The van der Waals surface area contributed by atoms with Gasteiger partial charge in [0.25, 0.3) is 0 Å². The molecule has 2 aromatic rings. The zero-order chi connectivity index (χ0) is 15.6. The van der Waals surface area contributed by atoms with Gasteiger partial charge in [0.2, 0.25) is 10.0 Å². The SMILES string of the molecule is Cc1cc(S(=O)(=O)N[C@@H](C)c2ccccc2)cc(N)c1C. The summed E-state index contributed by atoms with van der Waals surface area (Å²) in [7, 11) is -3.60. The smallest absolute Gasteiger partial charge is 0.241 e. The molecule has 4 nitrogen and oxygen atoms in total. The lowest BCUT2D eigenvalue weighted by atomic mass is 10.1. The first-order valence-electron chi connectivity index (χ1n) is 6.75. The molecule has 0 heterocycles. The molecule has 0 aliphatic rings.